The summed E-state index contributed by atoms with van der Waals surface area (Å²) >= 11 is 0. The molecule has 9 heteroatoms. The van der Waals surface area contributed by atoms with Crippen molar-refractivity contribution in [2.24, 2.45) is 0 Å². The van der Waals surface area contributed by atoms with E-state index in [2.05, 4.69) is 39.8 Å². The summed E-state index contributed by atoms with van der Waals surface area (Å²) in [7, 11) is -3.60. The van der Waals surface area contributed by atoms with E-state index in [-0.39, 0.29) is 5.91 Å². The van der Waals surface area contributed by atoms with Crippen LogP contribution in [0.2, 0.25) is 0 Å². The Labute approximate surface area is 113 Å². The number of nitrogens with one attached hydrogen (secondary N) is 2. The highest BCUT2D eigenvalue weighted by atomic mass is 32.3. The lowest BCUT2D eigenvalue weighted by atomic mass is 10.3. The molecular formula is C10H19N3O5S. The number of guanidine groups is 1. The molecule has 0 aromatic heterocycles. The first-order chi connectivity index (χ1) is 8.75. The van der Waals surface area contributed by atoms with E-state index >= 15 is 0 Å². The zero-order valence-electron chi connectivity index (χ0n) is 11.2. The van der Waals surface area contributed by atoms with Crippen LogP contribution in [0.25, 0.3) is 0 Å². The molecule has 1 aliphatic rings. The summed E-state index contributed by atoms with van der Waals surface area (Å²) in [6.45, 7) is 9.34. The van der Waals surface area contributed by atoms with Gasteiger partial charge in [-0.05, 0) is 13.8 Å². The molecule has 0 spiro atoms. The maximum Gasteiger partial charge on any atom is 0.353 e. The number of hydrogen-bond acceptors (Lipinski definition) is 6. The average molecular weight is 293 g/mol. The van der Waals surface area contributed by atoms with Gasteiger partial charge in [-0.2, -0.15) is 0 Å². The van der Waals surface area contributed by atoms with Crippen LogP contribution in [0.3, 0.4) is 0 Å². The van der Waals surface area contributed by atoms with Crippen LogP contribution in [0.1, 0.15) is 13.8 Å². The molecule has 0 fully saturated rings. The van der Waals surface area contributed by atoms with Gasteiger partial charge in [0, 0.05) is 6.08 Å². The van der Waals surface area contributed by atoms with Crippen molar-refractivity contribution >= 4 is 22.3 Å². The molecule has 0 aliphatic carbocycles. The number of carbonyl (C=O) groups excluding carboxylic acids is 1. The van der Waals surface area contributed by atoms with Crippen molar-refractivity contribution in [2.45, 2.75) is 19.9 Å². The molecule has 0 radical (unpaired) electrons. The van der Waals surface area contributed by atoms with Crippen LogP contribution >= 0.6 is 0 Å². The number of hydrogen-bond donors (Lipinski definition) is 2. The van der Waals surface area contributed by atoms with Gasteiger partial charge in [0.15, 0.2) is 0 Å². The van der Waals surface area contributed by atoms with Crippen molar-refractivity contribution in [3.63, 3.8) is 0 Å². The Morgan fingerprint density at radius 1 is 1.74 bits per heavy atom. The minimum Gasteiger partial charge on any atom is -0.726 e. The largest absolute Gasteiger partial charge is 0.726 e. The van der Waals surface area contributed by atoms with E-state index < -0.39 is 10.4 Å². The Bertz CT molecular complexity index is 458. The average Bonchev–Trinajstić information content (AvgIpc) is 2.69. The van der Waals surface area contributed by atoms with Gasteiger partial charge in [-0.25, -0.2) is 13.7 Å². The second-order valence-corrected chi connectivity index (χ2v) is 4.78. The van der Waals surface area contributed by atoms with E-state index in [9.17, 15) is 17.8 Å². The Hall–Kier alpha value is -1.45. The molecule has 8 nitrogen and oxygen atoms in total. The summed E-state index contributed by atoms with van der Waals surface area (Å²) in [4.78, 5) is 11.0. The van der Waals surface area contributed by atoms with Crippen molar-refractivity contribution < 1.29 is 26.5 Å². The molecule has 0 aromatic rings. The second kappa shape index (κ2) is 7.87. The van der Waals surface area contributed by atoms with Gasteiger partial charge < -0.3 is 4.55 Å². The number of rotatable bonds is 3. The summed E-state index contributed by atoms with van der Waals surface area (Å²) in [6, 6.07) is 0.435. The molecule has 0 aromatic carbocycles. The number of nitrogens with zero attached hydrogens (tertiary/aromatic N) is 1. The van der Waals surface area contributed by atoms with Crippen molar-refractivity contribution in [2.75, 3.05) is 20.2 Å². The van der Waals surface area contributed by atoms with Gasteiger partial charge in [0.1, 0.15) is 6.04 Å². The lowest BCUT2D eigenvalue weighted by Gasteiger charge is -2.05. The topological polar surface area (TPSA) is 111 Å². The van der Waals surface area contributed by atoms with Crippen molar-refractivity contribution in [3.05, 3.63) is 12.7 Å². The molecule has 0 saturated heterocycles. The van der Waals surface area contributed by atoms with Crippen molar-refractivity contribution in [1.29, 1.82) is 0 Å². The Morgan fingerprint density at radius 2 is 2.26 bits per heavy atom. The Kier molecular flexibility index (Phi) is 7.27. The smallest absolute Gasteiger partial charge is 0.353 e. The van der Waals surface area contributed by atoms with E-state index in [1.807, 2.05) is 0 Å². The monoisotopic (exact) mass is 293 g/mol. The van der Waals surface area contributed by atoms with Crippen LogP contribution in [0.5, 0.6) is 0 Å². The Balaban J connectivity index is 0.000000459. The minimum absolute atomic E-state index is 0.171. The summed E-state index contributed by atoms with van der Waals surface area (Å²) in [5.41, 5.74) is 0. The zero-order valence-corrected chi connectivity index (χ0v) is 12.0. The minimum atomic E-state index is -4.41. The van der Waals surface area contributed by atoms with Crippen LogP contribution in [0, 0.1) is 0 Å². The van der Waals surface area contributed by atoms with Crippen molar-refractivity contribution in [1.82, 2.24) is 10.6 Å². The van der Waals surface area contributed by atoms with E-state index in [4.69, 9.17) is 0 Å². The van der Waals surface area contributed by atoms with Crippen LogP contribution in [0.15, 0.2) is 12.7 Å². The zero-order chi connectivity index (χ0) is 15.1. The first kappa shape index (κ1) is 17.6. The summed E-state index contributed by atoms with van der Waals surface area (Å²) < 4.78 is 33.1. The highest BCUT2D eigenvalue weighted by Gasteiger charge is 2.26. The maximum atomic E-state index is 11.0. The first-order valence-corrected chi connectivity index (χ1v) is 6.90. The molecule has 0 saturated carbocycles. The van der Waals surface area contributed by atoms with E-state index in [0.717, 1.165) is 26.2 Å². The first-order valence-electron chi connectivity index (χ1n) is 5.57. The molecule has 1 amide bonds. The lowest BCUT2D eigenvalue weighted by Crippen LogP contribution is -2.41. The molecule has 1 heterocycles. The molecular weight excluding hydrogens is 274 g/mol. The van der Waals surface area contributed by atoms with Gasteiger partial charge in [0.25, 0.3) is 0 Å². The Morgan fingerprint density at radius 3 is 2.63 bits per heavy atom. The van der Waals surface area contributed by atoms with Crippen LogP contribution in [-0.4, -0.2) is 55.7 Å². The molecule has 19 heavy (non-hydrogen) atoms. The third-order valence-corrected chi connectivity index (χ3v) is 2.76. The maximum absolute atomic E-state index is 11.0. The van der Waals surface area contributed by atoms with Gasteiger partial charge in [0.2, 0.25) is 10.4 Å². The van der Waals surface area contributed by atoms with E-state index in [0.29, 0.717) is 6.04 Å². The number of likely N-dealkylation sites (N-methyl/N-ethyl adjacent to an activating group) is 1. The quantitative estimate of drug-likeness (QED) is 0.291. The second-order valence-electron chi connectivity index (χ2n) is 3.63. The lowest BCUT2D eigenvalue weighted by molar-refractivity contribution is -0.549. The fraction of sp³-hybridized carbons (Fsp3) is 0.600. The van der Waals surface area contributed by atoms with Gasteiger partial charge in [-0.15, -0.1) is 0 Å². The van der Waals surface area contributed by atoms with Gasteiger partial charge in [0.05, 0.1) is 20.2 Å². The fourth-order valence-electron chi connectivity index (χ4n) is 1.43. The highest BCUT2D eigenvalue weighted by molar-refractivity contribution is 7.80. The number of amides is 1. The van der Waals surface area contributed by atoms with Crippen LogP contribution in [0.4, 0.5) is 0 Å². The van der Waals surface area contributed by atoms with E-state index in [1.54, 1.807) is 0 Å². The molecule has 1 atom stereocenters. The molecule has 110 valence electrons. The molecule has 1 rings (SSSR count). The highest BCUT2D eigenvalue weighted by Crippen LogP contribution is 1.95. The molecule has 1 unspecified atom stereocenters. The molecule has 0 bridgehead atoms. The van der Waals surface area contributed by atoms with Crippen molar-refractivity contribution in [3.8, 4) is 0 Å². The fourth-order valence-corrected chi connectivity index (χ4v) is 1.43. The standard InChI is InChI=1S/C9H15N3O.CH4O4S/c1-4-8(13)11-9-10-6-7(3)12(9)5-2;1-5-6(2,3)4/h4,7H,1,5-6H2,2-3H3,(H,10,11,13);1H3,(H,2,3,4). The third kappa shape index (κ3) is 6.89. The normalized spacial score (nSPS) is 18.2. The van der Waals surface area contributed by atoms with Gasteiger partial charge in [-0.1, -0.05) is 6.58 Å². The summed E-state index contributed by atoms with van der Waals surface area (Å²) in [6.07, 6.45) is 1.27. The van der Waals surface area contributed by atoms with Gasteiger partial charge >= 0.3 is 11.9 Å². The number of carbonyl (C=O) groups is 1. The van der Waals surface area contributed by atoms with Crippen LogP contribution < -0.4 is 10.6 Å². The molecule has 2 N–H and O–H groups in total. The SMILES string of the molecule is C=CC(=O)NC1=[N+](CC)C(C)CN1.COS(=O)(=O)[O-]. The third-order valence-electron chi connectivity index (χ3n) is 2.36. The van der Waals surface area contributed by atoms with Crippen LogP contribution in [-0.2, 0) is 19.4 Å². The molecule has 1 aliphatic heterocycles. The van der Waals surface area contributed by atoms with E-state index in [1.165, 1.54) is 6.08 Å². The van der Waals surface area contributed by atoms with Gasteiger partial charge in [-0.3, -0.25) is 18.9 Å². The summed E-state index contributed by atoms with van der Waals surface area (Å²) in [5.74, 6) is 0.620. The predicted molar refractivity (Wildman–Crippen MR) is 68.3 cm³/mol. The summed E-state index contributed by atoms with van der Waals surface area (Å²) in [5, 5.41) is 5.87. The predicted octanol–water partition coefficient (Wildman–Crippen LogP) is -1.24.